The summed E-state index contributed by atoms with van der Waals surface area (Å²) in [6.07, 6.45) is 7.33. The number of anilines is 1. The van der Waals surface area contributed by atoms with E-state index in [1.165, 1.54) is 10.2 Å². The number of benzene rings is 2. The van der Waals surface area contributed by atoms with Gasteiger partial charge in [-0.25, -0.2) is 4.79 Å². The average molecular weight is 302 g/mol. The minimum atomic E-state index is -0.187. The number of carbonyl (C=O) groups excluding carboxylic acids is 1. The molecule has 112 valence electrons. The summed E-state index contributed by atoms with van der Waals surface area (Å²) < 4.78 is 1.34. The molecule has 3 aromatic rings. The summed E-state index contributed by atoms with van der Waals surface area (Å²) in [5.74, 6) is 2.56. The largest absolute Gasteiger partial charge is 0.351 e. The van der Waals surface area contributed by atoms with E-state index in [4.69, 9.17) is 6.42 Å². The molecule has 1 aromatic heterocycles. The third kappa shape index (κ3) is 2.16. The molecule has 23 heavy (non-hydrogen) atoms. The minimum absolute atomic E-state index is 0.187. The van der Waals surface area contributed by atoms with Gasteiger partial charge in [-0.2, -0.15) is 4.68 Å². The van der Waals surface area contributed by atoms with Crippen LogP contribution in [0.2, 0.25) is 0 Å². The fourth-order valence-electron chi connectivity index (χ4n) is 3.00. The van der Waals surface area contributed by atoms with Crippen LogP contribution in [0.25, 0.3) is 11.0 Å². The Morgan fingerprint density at radius 2 is 2.09 bits per heavy atom. The molecule has 0 fully saturated rings. The maximum Gasteiger partial charge on any atom is 0.351 e. The standard InChI is InChI=1S/C18H14N4O/c1-2-13-9-10-17-15(12-13)19-20-22(17)18(23)21-11-5-7-14-6-3-4-8-16(14)21/h1,3-4,6,8-10,12H,5,7,11H2. The highest BCUT2D eigenvalue weighted by Gasteiger charge is 2.25. The third-order valence-electron chi connectivity index (χ3n) is 4.13. The number of fused-ring (bicyclic) bond motifs is 2. The second-order valence-corrected chi connectivity index (χ2v) is 5.52. The van der Waals surface area contributed by atoms with Gasteiger partial charge >= 0.3 is 6.03 Å². The van der Waals surface area contributed by atoms with Crippen molar-refractivity contribution in [3.63, 3.8) is 0 Å². The van der Waals surface area contributed by atoms with Crippen molar-refractivity contribution in [3.8, 4) is 12.3 Å². The van der Waals surface area contributed by atoms with Gasteiger partial charge in [-0.3, -0.25) is 4.90 Å². The molecule has 0 unspecified atom stereocenters. The molecule has 0 radical (unpaired) electrons. The molecule has 0 bridgehead atoms. The Kier molecular flexibility index (Phi) is 3.09. The second kappa shape index (κ2) is 5.25. The van der Waals surface area contributed by atoms with Crippen LogP contribution in [0.3, 0.4) is 0 Å². The quantitative estimate of drug-likeness (QED) is 0.600. The van der Waals surface area contributed by atoms with Gasteiger partial charge in [-0.15, -0.1) is 11.5 Å². The fraction of sp³-hybridized carbons (Fsp3) is 0.167. The first-order chi connectivity index (χ1) is 11.3. The zero-order valence-electron chi connectivity index (χ0n) is 12.4. The van der Waals surface area contributed by atoms with E-state index >= 15 is 0 Å². The number of terminal acetylenes is 1. The van der Waals surface area contributed by atoms with Crippen LogP contribution in [0.4, 0.5) is 10.5 Å². The van der Waals surface area contributed by atoms with Gasteiger partial charge in [-0.1, -0.05) is 29.3 Å². The van der Waals surface area contributed by atoms with Gasteiger partial charge in [0.1, 0.15) is 5.52 Å². The van der Waals surface area contributed by atoms with Gasteiger partial charge in [0.15, 0.2) is 0 Å². The van der Waals surface area contributed by atoms with Gasteiger partial charge in [0, 0.05) is 17.8 Å². The van der Waals surface area contributed by atoms with Gasteiger partial charge < -0.3 is 0 Å². The number of nitrogens with zero attached hydrogens (tertiary/aromatic N) is 4. The highest BCUT2D eigenvalue weighted by molar-refractivity contribution is 5.99. The van der Waals surface area contributed by atoms with E-state index < -0.39 is 0 Å². The van der Waals surface area contributed by atoms with Gasteiger partial charge in [0.05, 0.1) is 5.52 Å². The lowest BCUT2D eigenvalue weighted by molar-refractivity contribution is 0.245. The molecule has 1 aliphatic heterocycles. The van der Waals surface area contributed by atoms with E-state index in [9.17, 15) is 4.79 Å². The summed E-state index contributed by atoms with van der Waals surface area (Å²) >= 11 is 0. The van der Waals surface area contributed by atoms with Crippen molar-refractivity contribution in [2.75, 3.05) is 11.4 Å². The molecular formula is C18H14N4O. The van der Waals surface area contributed by atoms with E-state index in [0.717, 1.165) is 24.1 Å². The first kappa shape index (κ1) is 13.5. The summed E-state index contributed by atoms with van der Waals surface area (Å²) in [6.45, 7) is 0.680. The number of carbonyl (C=O) groups is 1. The zero-order valence-corrected chi connectivity index (χ0v) is 12.4. The fourth-order valence-corrected chi connectivity index (χ4v) is 3.00. The molecule has 2 heterocycles. The molecule has 0 atom stereocenters. The van der Waals surface area contributed by atoms with E-state index in [-0.39, 0.29) is 6.03 Å². The summed E-state index contributed by atoms with van der Waals surface area (Å²) in [5.41, 5.74) is 4.15. The molecule has 2 aromatic carbocycles. The van der Waals surface area contributed by atoms with Crippen LogP contribution >= 0.6 is 0 Å². The van der Waals surface area contributed by atoms with Crippen LogP contribution in [0, 0.1) is 12.3 Å². The lowest BCUT2D eigenvalue weighted by atomic mass is 10.0. The number of aromatic nitrogens is 3. The molecule has 0 aliphatic carbocycles. The topological polar surface area (TPSA) is 51.0 Å². The smallest absolute Gasteiger partial charge is 0.292 e. The summed E-state index contributed by atoms with van der Waals surface area (Å²) in [5, 5.41) is 8.09. The Labute approximate surface area is 133 Å². The lowest BCUT2D eigenvalue weighted by Crippen LogP contribution is -2.39. The summed E-state index contributed by atoms with van der Waals surface area (Å²) in [6, 6.07) is 13.1. The van der Waals surface area contributed by atoms with Crippen LogP contribution in [0.1, 0.15) is 17.5 Å². The molecular weight excluding hydrogens is 288 g/mol. The maximum atomic E-state index is 12.9. The van der Waals surface area contributed by atoms with Gasteiger partial charge in [-0.05, 0) is 42.7 Å². The Bertz CT molecular complexity index is 951. The number of hydrogen-bond donors (Lipinski definition) is 0. The molecule has 0 spiro atoms. The van der Waals surface area contributed by atoms with Crippen LogP contribution in [-0.2, 0) is 6.42 Å². The third-order valence-corrected chi connectivity index (χ3v) is 4.13. The van der Waals surface area contributed by atoms with Crippen LogP contribution in [0.15, 0.2) is 42.5 Å². The van der Waals surface area contributed by atoms with Crippen molar-refractivity contribution in [2.24, 2.45) is 0 Å². The SMILES string of the molecule is C#Cc1ccc2c(c1)nnn2C(=O)N1CCCc2ccccc21. The predicted octanol–water partition coefficient (Wildman–Crippen LogP) is 2.83. The average Bonchev–Trinajstić information content (AvgIpc) is 3.03. The van der Waals surface area contributed by atoms with Crippen LogP contribution in [-0.4, -0.2) is 27.6 Å². The first-order valence-corrected chi connectivity index (χ1v) is 7.50. The molecule has 4 rings (SSSR count). The Morgan fingerprint density at radius 3 is 2.96 bits per heavy atom. The highest BCUT2D eigenvalue weighted by Crippen LogP contribution is 2.27. The number of para-hydroxylation sites is 1. The molecule has 1 amide bonds. The van der Waals surface area contributed by atoms with E-state index in [0.29, 0.717) is 17.6 Å². The Balaban J connectivity index is 1.78. The van der Waals surface area contributed by atoms with Crippen molar-refractivity contribution in [3.05, 3.63) is 53.6 Å². The molecule has 5 nitrogen and oxygen atoms in total. The number of aryl methyl sites for hydroxylation is 1. The van der Waals surface area contributed by atoms with Crippen molar-refractivity contribution in [1.82, 2.24) is 15.0 Å². The summed E-state index contributed by atoms with van der Waals surface area (Å²) in [4.78, 5) is 14.7. The van der Waals surface area contributed by atoms with Crippen molar-refractivity contribution in [1.29, 1.82) is 0 Å². The number of amides is 1. The maximum absolute atomic E-state index is 12.9. The van der Waals surface area contributed by atoms with E-state index in [1.807, 2.05) is 18.2 Å². The first-order valence-electron chi connectivity index (χ1n) is 7.50. The van der Waals surface area contributed by atoms with Crippen LogP contribution in [0.5, 0.6) is 0 Å². The predicted molar refractivity (Wildman–Crippen MR) is 88.4 cm³/mol. The van der Waals surface area contributed by atoms with Crippen molar-refractivity contribution >= 4 is 22.8 Å². The summed E-state index contributed by atoms with van der Waals surface area (Å²) in [7, 11) is 0. The van der Waals surface area contributed by atoms with Gasteiger partial charge in [0.2, 0.25) is 0 Å². The Hall–Kier alpha value is -3.13. The second-order valence-electron chi connectivity index (χ2n) is 5.52. The normalized spacial score (nSPS) is 13.6. The van der Waals surface area contributed by atoms with Crippen LogP contribution < -0.4 is 4.90 Å². The molecule has 0 saturated heterocycles. The Morgan fingerprint density at radius 1 is 1.22 bits per heavy atom. The van der Waals surface area contributed by atoms with Crippen molar-refractivity contribution < 1.29 is 4.79 Å². The van der Waals surface area contributed by atoms with E-state index in [1.54, 1.807) is 23.1 Å². The molecule has 0 N–H and O–H groups in total. The monoisotopic (exact) mass is 302 g/mol. The molecule has 1 aliphatic rings. The number of rotatable bonds is 0. The van der Waals surface area contributed by atoms with E-state index in [2.05, 4.69) is 22.3 Å². The number of hydrogen-bond acceptors (Lipinski definition) is 3. The molecule has 0 saturated carbocycles. The van der Waals surface area contributed by atoms with Gasteiger partial charge in [0.25, 0.3) is 0 Å². The zero-order chi connectivity index (χ0) is 15.8. The highest BCUT2D eigenvalue weighted by atomic mass is 16.2. The lowest BCUT2D eigenvalue weighted by Gasteiger charge is -2.28. The van der Waals surface area contributed by atoms with Crippen molar-refractivity contribution in [2.45, 2.75) is 12.8 Å². The molecule has 5 heteroatoms. The minimum Gasteiger partial charge on any atom is -0.292 e.